The van der Waals surface area contributed by atoms with Crippen molar-refractivity contribution < 1.29 is 10.2 Å². The van der Waals surface area contributed by atoms with Gasteiger partial charge in [0, 0.05) is 17.6 Å². The Morgan fingerprint density at radius 2 is 2.00 bits per heavy atom. The molecule has 0 heterocycles. The van der Waals surface area contributed by atoms with E-state index in [1.807, 2.05) is 18.2 Å². The van der Waals surface area contributed by atoms with E-state index < -0.39 is 0 Å². The monoisotopic (exact) mass is 287 g/mol. The maximum Gasteiger partial charge on any atom is 0.0682 e. The first-order valence-electron chi connectivity index (χ1n) is 5.48. The highest BCUT2D eigenvalue weighted by Crippen LogP contribution is 2.27. The fourth-order valence-corrected chi connectivity index (χ4v) is 2.33. The van der Waals surface area contributed by atoms with Gasteiger partial charge in [0.2, 0.25) is 0 Å². The summed E-state index contributed by atoms with van der Waals surface area (Å²) in [4.78, 5) is 2.13. The summed E-state index contributed by atoms with van der Waals surface area (Å²) in [6.45, 7) is 3.85. The van der Waals surface area contributed by atoms with Crippen molar-refractivity contribution in [2.75, 3.05) is 24.6 Å². The van der Waals surface area contributed by atoms with Crippen LogP contribution in [0.1, 0.15) is 18.9 Å². The summed E-state index contributed by atoms with van der Waals surface area (Å²) in [6, 6.07) is 5.79. The molecule has 1 aromatic carbocycles. The van der Waals surface area contributed by atoms with Gasteiger partial charge in [0.15, 0.2) is 0 Å². The molecule has 16 heavy (non-hydrogen) atoms. The van der Waals surface area contributed by atoms with Gasteiger partial charge in [-0.2, -0.15) is 0 Å². The molecule has 1 aromatic rings. The van der Waals surface area contributed by atoms with Crippen LogP contribution in [0.5, 0.6) is 0 Å². The molecule has 3 nitrogen and oxygen atoms in total. The van der Waals surface area contributed by atoms with E-state index in [4.69, 9.17) is 10.2 Å². The summed E-state index contributed by atoms with van der Waals surface area (Å²) in [5, 5.41) is 18.0. The SMILES string of the molecule is CCCN(CCO)c1ccc(CO)cc1Br. The third-order valence-corrected chi connectivity index (χ3v) is 3.03. The number of hydrogen-bond acceptors (Lipinski definition) is 3. The van der Waals surface area contributed by atoms with Gasteiger partial charge in [-0.3, -0.25) is 0 Å². The lowest BCUT2D eigenvalue weighted by atomic mass is 10.2. The van der Waals surface area contributed by atoms with Gasteiger partial charge in [0.1, 0.15) is 0 Å². The summed E-state index contributed by atoms with van der Waals surface area (Å²) >= 11 is 3.49. The van der Waals surface area contributed by atoms with Crippen LogP contribution in [0.25, 0.3) is 0 Å². The molecule has 0 fully saturated rings. The lowest BCUT2D eigenvalue weighted by molar-refractivity contribution is 0.281. The second-order valence-electron chi connectivity index (χ2n) is 3.65. The van der Waals surface area contributed by atoms with Gasteiger partial charge in [-0.15, -0.1) is 0 Å². The maximum absolute atomic E-state index is 9.02. The summed E-state index contributed by atoms with van der Waals surface area (Å²) in [5.41, 5.74) is 1.95. The van der Waals surface area contributed by atoms with Crippen molar-refractivity contribution in [2.45, 2.75) is 20.0 Å². The summed E-state index contributed by atoms with van der Waals surface area (Å²) in [5.74, 6) is 0. The van der Waals surface area contributed by atoms with Crippen LogP contribution in [0.2, 0.25) is 0 Å². The first-order chi connectivity index (χ1) is 7.72. The van der Waals surface area contributed by atoms with Crippen molar-refractivity contribution in [3.8, 4) is 0 Å². The van der Waals surface area contributed by atoms with Crippen molar-refractivity contribution in [3.63, 3.8) is 0 Å². The standard InChI is InChI=1S/C12H18BrNO2/c1-2-5-14(6-7-15)12-4-3-10(9-16)8-11(12)13/h3-4,8,15-16H,2,5-7,9H2,1H3. The van der Waals surface area contributed by atoms with Gasteiger partial charge in [-0.25, -0.2) is 0 Å². The zero-order valence-corrected chi connectivity index (χ0v) is 11.1. The number of anilines is 1. The van der Waals surface area contributed by atoms with Crippen LogP contribution in [-0.4, -0.2) is 29.9 Å². The Morgan fingerprint density at radius 1 is 1.25 bits per heavy atom. The molecule has 1 rings (SSSR count). The Kier molecular flexibility index (Phi) is 5.80. The van der Waals surface area contributed by atoms with E-state index in [1.165, 1.54) is 0 Å². The molecule has 0 aromatic heterocycles. The van der Waals surface area contributed by atoms with E-state index >= 15 is 0 Å². The Balaban J connectivity index is 2.90. The zero-order valence-electron chi connectivity index (χ0n) is 9.49. The fourth-order valence-electron chi connectivity index (χ4n) is 1.65. The largest absolute Gasteiger partial charge is 0.395 e. The highest BCUT2D eigenvalue weighted by atomic mass is 79.9. The van der Waals surface area contributed by atoms with Gasteiger partial charge in [-0.05, 0) is 40.0 Å². The van der Waals surface area contributed by atoms with Crippen molar-refractivity contribution in [1.82, 2.24) is 0 Å². The molecule has 0 aliphatic carbocycles. The molecular weight excluding hydrogens is 270 g/mol. The number of rotatable bonds is 6. The average molecular weight is 288 g/mol. The summed E-state index contributed by atoms with van der Waals surface area (Å²) in [6.07, 6.45) is 1.04. The van der Waals surface area contributed by atoms with Crippen LogP contribution >= 0.6 is 15.9 Å². The molecule has 90 valence electrons. The van der Waals surface area contributed by atoms with Crippen molar-refractivity contribution in [2.24, 2.45) is 0 Å². The van der Waals surface area contributed by atoms with E-state index in [-0.39, 0.29) is 13.2 Å². The Bertz CT molecular complexity index is 325. The molecule has 4 heteroatoms. The zero-order chi connectivity index (χ0) is 12.0. The van der Waals surface area contributed by atoms with Crippen molar-refractivity contribution in [3.05, 3.63) is 28.2 Å². The van der Waals surface area contributed by atoms with E-state index in [9.17, 15) is 0 Å². The third-order valence-electron chi connectivity index (χ3n) is 2.40. The van der Waals surface area contributed by atoms with Crippen LogP contribution < -0.4 is 4.90 Å². The van der Waals surface area contributed by atoms with Crippen LogP contribution in [-0.2, 0) is 6.61 Å². The molecule has 0 amide bonds. The summed E-state index contributed by atoms with van der Waals surface area (Å²) in [7, 11) is 0. The van der Waals surface area contributed by atoms with Gasteiger partial charge >= 0.3 is 0 Å². The highest BCUT2D eigenvalue weighted by Gasteiger charge is 2.09. The second kappa shape index (κ2) is 6.89. The van der Waals surface area contributed by atoms with Gasteiger partial charge < -0.3 is 15.1 Å². The van der Waals surface area contributed by atoms with Crippen LogP contribution in [0.4, 0.5) is 5.69 Å². The number of aliphatic hydroxyl groups excluding tert-OH is 2. The lowest BCUT2D eigenvalue weighted by Gasteiger charge is -2.24. The minimum atomic E-state index is 0.0483. The molecule has 0 saturated carbocycles. The average Bonchev–Trinajstić information content (AvgIpc) is 2.29. The molecule has 0 atom stereocenters. The molecular formula is C12H18BrNO2. The molecule has 0 saturated heterocycles. The molecule has 0 bridgehead atoms. The molecule has 0 unspecified atom stereocenters. The van der Waals surface area contributed by atoms with Crippen LogP contribution in [0, 0.1) is 0 Å². The van der Waals surface area contributed by atoms with Crippen molar-refractivity contribution >= 4 is 21.6 Å². The number of benzene rings is 1. The first-order valence-corrected chi connectivity index (χ1v) is 6.27. The number of aliphatic hydroxyl groups is 2. The normalized spacial score (nSPS) is 10.5. The van der Waals surface area contributed by atoms with Gasteiger partial charge in [0.05, 0.1) is 18.9 Å². The minimum absolute atomic E-state index is 0.0483. The molecule has 0 spiro atoms. The minimum Gasteiger partial charge on any atom is -0.395 e. The van der Waals surface area contributed by atoms with E-state index in [1.54, 1.807) is 0 Å². The van der Waals surface area contributed by atoms with E-state index in [0.29, 0.717) is 6.54 Å². The Hall–Kier alpha value is -0.580. The molecule has 0 radical (unpaired) electrons. The Morgan fingerprint density at radius 3 is 2.50 bits per heavy atom. The molecule has 0 aliphatic heterocycles. The second-order valence-corrected chi connectivity index (χ2v) is 4.51. The molecule has 0 aliphatic rings. The highest BCUT2D eigenvalue weighted by molar-refractivity contribution is 9.10. The van der Waals surface area contributed by atoms with Gasteiger partial charge in [0.25, 0.3) is 0 Å². The predicted molar refractivity (Wildman–Crippen MR) is 69.7 cm³/mol. The van der Waals surface area contributed by atoms with Gasteiger partial charge in [-0.1, -0.05) is 13.0 Å². The van der Waals surface area contributed by atoms with Crippen LogP contribution in [0.3, 0.4) is 0 Å². The number of hydrogen-bond donors (Lipinski definition) is 2. The topological polar surface area (TPSA) is 43.7 Å². The Labute approximate surface area is 105 Å². The first kappa shape index (κ1) is 13.5. The quantitative estimate of drug-likeness (QED) is 0.843. The third kappa shape index (κ3) is 3.47. The predicted octanol–water partition coefficient (Wildman–Crippen LogP) is 2.15. The van der Waals surface area contributed by atoms with Crippen molar-refractivity contribution in [1.29, 1.82) is 0 Å². The van der Waals surface area contributed by atoms with Crippen LogP contribution in [0.15, 0.2) is 22.7 Å². The maximum atomic E-state index is 9.02. The number of halogens is 1. The molecule has 2 N–H and O–H groups in total. The van der Waals surface area contributed by atoms with E-state index in [2.05, 4.69) is 27.8 Å². The number of nitrogens with zero attached hydrogens (tertiary/aromatic N) is 1. The fraction of sp³-hybridized carbons (Fsp3) is 0.500. The van der Waals surface area contributed by atoms with E-state index in [0.717, 1.165) is 28.7 Å². The summed E-state index contributed by atoms with van der Waals surface area (Å²) < 4.78 is 0.959. The lowest BCUT2D eigenvalue weighted by Crippen LogP contribution is -2.27. The smallest absolute Gasteiger partial charge is 0.0682 e.